The van der Waals surface area contributed by atoms with Crippen LogP contribution in [0.3, 0.4) is 0 Å². The van der Waals surface area contributed by atoms with E-state index in [0.29, 0.717) is 66.4 Å². The van der Waals surface area contributed by atoms with Crippen LogP contribution >= 0.6 is 11.6 Å². The fraction of sp³-hybridized carbons (Fsp3) is 0.500. The largest absolute Gasteiger partial charge is 0.486 e. The highest BCUT2D eigenvalue weighted by Gasteiger charge is 2.44. The van der Waals surface area contributed by atoms with Crippen LogP contribution in [0.15, 0.2) is 30.6 Å². The van der Waals surface area contributed by atoms with Crippen molar-refractivity contribution < 1.29 is 32.5 Å². The van der Waals surface area contributed by atoms with Crippen LogP contribution in [0.4, 0.5) is 25.1 Å². The van der Waals surface area contributed by atoms with Gasteiger partial charge in [0.2, 0.25) is 0 Å². The van der Waals surface area contributed by atoms with Crippen LogP contribution in [0.2, 0.25) is 5.02 Å². The normalized spacial score (nSPS) is 23.7. The fourth-order valence-electron chi connectivity index (χ4n) is 5.88. The van der Waals surface area contributed by atoms with E-state index in [-0.39, 0.29) is 24.0 Å². The van der Waals surface area contributed by atoms with Crippen LogP contribution in [0.1, 0.15) is 40.0 Å². The van der Waals surface area contributed by atoms with Crippen molar-refractivity contribution in [3.05, 3.63) is 47.2 Å². The molecule has 1 aromatic heterocycles. The molecule has 9 nitrogen and oxygen atoms in total. The molecule has 12 heteroatoms. The van der Waals surface area contributed by atoms with Crippen molar-refractivity contribution in [3.8, 4) is 11.5 Å². The molecule has 3 aliphatic rings. The van der Waals surface area contributed by atoms with E-state index in [0.717, 1.165) is 25.3 Å². The molecule has 3 aromatic rings. The molecule has 6 rings (SSSR count). The van der Waals surface area contributed by atoms with E-state index in [2.05, 4.69) is 15.3 Å². The maximum Gasteiger partial charge on any atom is 0.410 e. The van der Waals surface area contributed by atoms with Crippen molar-refractivity contribution in [3.63, 3.8) is 0 Å². The van der Waals surface area contributed by atoms with Gasteiger partial charge in [-0.25, -0.2) is 23.5 Å². The molecule has 0 spiro atoms. The van der Waals surface area contributed by atoms with Crippen molar-refractivity contribution >= 4 is 40.1 Å². The van der Waals surface area contributed by atoms with Gasteiger partial charge in [0.25, 0.3) is 0 Å². The van der Waals surface area contributed by atoms with Crippen LogP contribution < -0.4 is 14.8 Å². The summed E-state index contributed by atoms with van der Waals surface area (Å²) in [6.45, 7) is 7.96. The highest BCUT2D eigenvalue weighted by atomic mass is 35.5. The monoisotopic (exact) mass is 602 g/mol. The van der Waals surface area contributed by atoms with Crippen LogP contribution in [0.25, 0.3) is 10.9 Å². The van der Waals surface area contributed by atoms with Gasteiger partial charge in [-0.05, 0) is 63.6 Å². The zero-order valence-electron chi connectivity index (χ0n) is 23.7. The Kier molecular flexibility index (Phi) is 7.74. The molecule has 2 saturated heterocycles. The first-order valence-corrected chi connectivity index (χ1v) is 14.5. The molecule has 0 bridgehead atoms. The Morgan fingerprint density at radius 3 is 2.48 bits per heavy atom. The number of anilines is 2. The van der Waals surface area contributed by atoms with Crippen LogP contribution in [0.5, 0.6) is 11.5 Å². The number of hydrogen-bond donors (Lipinski definition) is 1. The van der Waals surface area contributed by atoms with Gasteiger partial charge < -0.3 is 29.2 Å². The minimum Gasteiger partial charge on any atom is -0.486 e. The van der Waals surface area contributed by atoms with E-state index in [1.165, 1.54) is 12.4 Å². The second kappa shape index (κ2) is 11.3. The van der Waals surface area contributed by atoms with Gasteiger partial charge in [-0.2, -0.15) is 0 Å². The van der Waals surface area contributed by atoms with E-state index in [9.17, 15) is 13.6 Å². The molecule has 2 aliphatic heterocycles. The quantitative estimate of drug-likeness (QED) is 0.320. The average Bonchev–Trinajstić information content (AvgIpc) is 3.66. The van der Waals surface area contributed by atoms with Gasteiger partial charge in [0, 0.05) is 31.0 Å². The number of benzene rings is 2. The Balaban J connectivity index is 1.25. The number of nitrogens with one attached hydrogen (secondary N) is 1. The summed E-state index contributed by atoms with van der Waals surface area (Å²) in [6.07, 6.45) is 3.18. The van der Waals surface area contributed by atoms with Crippen LogP contribution in [0, 0.1) is 23.5 Å². The van der Waals surface area contributed by atoms with E-state index >= 15 is 0 Å². The predicted molar refractivity (Wildman–Crippen MR) is 152 cm³/mol. The summed E-state index contributed by atoms with van der Waals surface area (Å²) in [6, 6.07) is 5.91. The third kappa shape index (κ3) is 6.03. The molecule has 3 heterocycles. The Labute approximate surface area is 247 Å². The maximum absolute atomic E-state index is 14.7. The number of carbonyl (C=O) groups is 1. The Bertz CT molecular complexity index is 1480. The first-order chi connectivity index (χ1) is 20.0. The molecular formula is C30H33ClF2N4O5. The molecule has 1 aliphatic carbocycles. The number of ether oxygens (including phenoxy) is 4. The van der Waals surface area contributed by atoms with Gasteiger partial charge in [0.15, 0.2) is 17.3 Å². The Morgan fingerprint density at radius 2 is 1.79 bits per heavy atom. The number of likely N-dealkylation sites (tertiary alicyclic amines) is 1. The summed E-state index contributed by atoms with van der Waals surface area (Å²) in [5.41, 5.74) is -0.00666. The molecule has 0 unspecified atom stereocenters. The van der Waals surface area contributed by atoms with Gasteiger partial charge in [-0.3, -0.25) is 0 Å². The zero-order chi connectivity index (χ0) is 29.6. The molecule has 4 atom stereocenters. The maximum atomic E-state index is 14.7. The number of nitrogens with zero attached hydrogens (tertiary/aromatic N) is 3. The van der Waals surface area contributed by atoms with Crippen molar-refractivity contribution in [2.75, 3.05) is 31.6 Å². The van der Waals surface area contributed by atoms with Crippen LogP contribution in [-0.4, -0.2) is 65.1 Å². The number of halogens is 3. The third-order valence-electron chi connectivity index (χ3n) is 7.82. The second-order valence-corrected chi connectivity index (χ2v) is 12.5. The molecule has 0 radical (unpaired) electrons. The summed E-state index contributed by atoms with van der Waals surface area (Å²) < 4.78 is 52.4. The average molecular weight is 603 g/mol. The minimum absolute atomic E-state index is 0.0227. The molecule has 3 fully saturated rings. The summed E-state index contributed by atoms with van der Waals surface area (Å²) in [4.78, 5) is 23.1. The molecular weight excluding hydrogens is 570 g/mol. The van der Waals surface area contributed by atoms with E-state index in [4.69, 9.17) is 30.5 Å². The lowest BCUT2D eigenvalue weighted by atomic mass is 10.0. The first kappa shape index (κ1) is 28.7. The van der Waals surface area contributed by atoms with Crippen LogP contribution in [-0.2, 0) is 9.47 Å². The lowest BCUT2D eigenvalue weighted by molar-refractivity contribution is 0.0271. The van der Waals surface area contributed by atoms with E-state index in [1.807, 2.05) is 20.8 Å². The molecule has 42 heavy (non-hydrogen) atoms. The number of amides is 1. The SMILES string of the molecule is CC(C)(C)OC(=O)N1C[C@H]2C[C@H](Oc3cc4c(Nc5ccc(F)c(Cl)c5F)ncnc4cc3O[C@H]3CCOC3)C[C@H]2C1. The molecule has 1 amide bonds. The summed E-state index contributed by atoms with van der Waals surface area (Å²) >= 11 is 5.79. The first-order valence-electron chi connectivity index (χ1n) is 14.1. The van der Waals surface area contributed by atoms with Gasteiger partial charge in [0.05, 0.1) is 30.5 Å². The van der Waals surface area contributed by atoms with Gasteiger partial charge in [-0.15, -0.1) is 0 Å². The third-order valence-corrected chi connectivity index (χ3v) is 8.17. The molecule has 1 N–H and O–H groups in total. The highest BCUT2D eigenvalue weighted by molar-refractivity contribution is 6.31. The Morgan fingerprint density at radius 1 is 1.07 bits per heavy atom. The topological polar surface area (TPSA) is 95.0 Å². The number of rotatable bonds is 6. The predicted octanol–water partition coefficient (Wildman–Crippen LogP) is 6.50. The number of fused-ring (bicyclic) bond motifs is 2. The van der Waals surface area contributed by atoms with Crippen molar-refractivity contribution in [2.45, 2.75) is 57.8 Å². The van der Waals surface area contributed by atoms with Crippen molar-refractivity contribution in [1.82, 2.24) is 14.9 Å². The smallest absolute Gasteiger partial charge is 0.410 e. The zero-order valence-corrected chi connectivity index (χ0v) is 24.4. The second-order valence-electron chi connectivity index (χ2n) is 12.1. The van der Waals surface area contributed by atoms with Gasteiger partial charge in [0.1, 0.15) is 34.7 Å². The summed E-state index contributed by atoms with van der Waals surface area (Å²) in [7, 11) is 0. The highest BCUT2D eigenvalue weighted by Crippen LogP contribution is 2.43. The fourth-order valence-corrected chi connectivity index (χ4v) is 6.04. The lowest BCUT2D eigenvalue weighted by Crippen LogP contribution is -2.36. The summed E-state index contributed by atoms with van der Waals surface area (Å²) in [5, 5.41) is 2.88. The van der Waals surface area contributed by atoms with Crippen molar-refractivity contribution in [1.29, 1.82) is 0 Å². The van der Waals surface area contributed by atoms with Crippen molar-refractivity contribution in [2.24, 2.45) is 11.8 Å². The summed E-state index contributed by atoms with van der Waals surface area (Å²) in [5.74, 6) is 0.197. The number of aromatic nitrogens is 2. The van der Waals surface area contributed by atoms with Gasteiger partial charge >= 0.3 is 6.09 Å². The Hall–Kier alpha value is -3.44. The molecule has 2 aromatic carbocycles. The molecule has 1 saturated carbocycles. The standard InChI is InChI=1S/C30H33ClF2N4O5/c1-30(2,3)42-29(38)37-12-16-8-19(9-17(16)13-37)41-24-10-20-23(11-25(24)40-18-6-7-39-14-18)34-15-35-28(20)36-22-5-4-21(32)26(31)27(22)33/h4-5,10-11,15-19H,6-9,12-14H2,1-3H3,(H,34,35,36)/t16-,17+,18-,19+/m0/s1. The van der Waals surface area contributed by atoms with Gasteiger partial charge in [-0.1, -0.05) is 11.6 Å². The number of hydrogen-bond acceptors (Lipinski definition) is 8. The van der Waals surface area contributed by atoms with E-state index in [1.54, 1.807) is 17.0 Å². The van der Waals surface area contributed by atoms with E-state index < -0.39 is 22.3 Å². The lowest BCUT2D eigenvalue weighted by Gasteiger charge is -2.25. The molecule has 224 valence electrons. The minimum atomic E-state index is -0.918. The number of carbonyl (C=O) groups excluding carboxylic acids is 1.